The van der Waals surface area contributed by atoms with Crippen molar-refractivity contribution in [1.29, 1.82) is 0 Å². The Morgan fingerprint density at radius 2 is 2.21 bits per heavy atom. The molecule has 0 unspecified atom stereocenters. The molecule has 0 amide bonds. The number of aliphatic carboxylic acids is 1. The molecule has 1 aliphatic heterocycles. The Balaban J connectivity index is 2.19. The van der Waals surface area contributed by atoms with Crippen molar-refractivity contribution in [3.8, 4) is 0 Å². The number of aromatic nitrogens is 1. The third-order valence-electron chi connectivity index (χ3n) is 3.43. The largest absolute Gasteiger partial charge is 0.481 e. The summed E-state index contributed by atoms with van der Waals surface area (Å²) in [7, 11) is 1.30. The maximum absolute atomic E-state index is 11.4. The average molecular weight is 264 g/mol. The molecular formula is C13H16N2O4. The summed E-state index contributed by atoms with van der Waals surface area (Å²) in [6, 6.07) is 3.40. The van der Waals surface area contributed by atoms with Gasteiger partial charge in [-0.25, -0.2) is 9.78 Å². The van der Waals surface area contributed by atoms with Gasteiger partial charge in [0, 0.05) is 25.0 Å². The van der Waals surface area contributed by atoms with Gasteiger partial charge in [-0.1, -0.05) is 6.92 Å². The maximum atomic E-state index is 11.4. The molecule has 1 fully saturated rings. The molecule has 0 bridgehead atoms. The monoisotopic (exact) mass is 264 g/mol. The molecule has 1 aliphatic rings. The fraction of sp³-hybridized carbons (Fsp3) is 0.462. The van der Waals surface area contributed by atoms with E-state index >= 15 is 0 Å². The molecule has 102 valence electrons. The van der Waals surface area contributed by atoms with E-state index in [1.54, 1.807) is 12.1 Å². The van der Waals surface area contributed by atoms with Crippen molar-refractivity contribution in [1.82, 2.24) is 4.98 Å². The molecule has 1 saturated heterocycles. The van der Waals surface area contributed by atoms with E-state index in [-0.39, 0.29) is 17.5 Å². The second-order valence-corrected chi connectivity index (χ2v) is 4.72. The Morgan fingerprint density at radius 3 is 2.79 bits per heavy atom. The Labute approximate surface area is 111 Å². The molecule has 0 aliphatic carbocycles. The van der Waals surface area contributed by atoms with Gasteiger partial charge in [0.15, 0.2) is 0 Å². The number of carboxylic acids is 1. The number of carbonyl (C=O) groups excluding carboxylic acids is 1. The predicted octanol–water partition coefficient (Wildman–Crippen LogP) is 1.03. The Hall–Kier alpha value is -2.11. The van der Waals surface area contributed by atoms with E-state index in [0.29, 0.717) is 13.1 Å². The number of anilines is 1. The Morgan fingerprint density at radius 1 is 1.47 bits per heavy atom. The number of pyridine rings is 1. The molecule has 2 atom stereocenters. The van der Waals surface area contributed by atoms with Crippen LogP contribution in [-0.2, 0) is 9.53 Å². The zero-order valence-corrected chi connectivity index (χ0v) is 10.9. The molecule has 6 nitrogen and oxygen atoms in total. The van der Waals surface area contributed by atoms with Gasteiger partial charge in [-0.3, -0.25) is 4.79 Å². The molecule has 2 rings (SSSR count). The van der Waals surface area contributed by atoms with Gasteiger partial charge >= 0.3 is 11.9 Å². The lowest BCUT2D eigenvalue weighted by Gasteiger charge is -2.18. The lowest BCUT2D eigenvalue weighted by atomic mass is 9.99. The van der Waals surface area contributed by atoms with Gasteiger partial charge < -0.3 is 14.7 Å². The van der Waals surface area contributed by atoms with Crippen LogP contribution in [0.1, 0.15) is 17.4 Å². The molecule has 0 saturated carbocycles. The standard InChI is InChI=1S/C13H16N2O4/c1-8-6-15(7-10(8)12(16)17)9-3-4-14-11(5-9)13(18)19-2/h3-5,8,10H,6-7H2,1-2H3,(H,16,17)/t8-,10-/m1/s1. The summed E-state index contributed by atoms with van der Waals surface area (Å²) in [5.74, 6) is -1.58. The summed E-state index contributed by atoms with van der Waals surface area (Å²) in [6.07, 6.45) is 1.53. The van der Waals surface area contributed by atoms with Crippen LogP contribution < -0.4 is 4.90 Å². The number of hydrogen-bond acceptors (Lipinski definition) is 5. The van der Waals surface area contributed by atoms with E-state index < -0.39 is 11.9 Å². The average Bonchev–Trinajstić information content (AvgIpc) is 2.80. The van der Waals surface area contributed by atoms with Crippen LogP contribution in [0.5, 0.6) is 0 Å². The highest BCUT2D eigenvalue weighted by Crippen LogP contribution is 2.28. The summed E-state index contributed by atoms with van der Waals surface area (Å²) in [4.78, 5) is 28.4. The molecule has 0 aromatic carbocycles. The van der Waals surface area contributed by atoms with Crippen molar-refractivity contribution in [3.63, 3.8) is 0 Å². The van der Waals surface area contributed by atoms with Gasteiger partial charge in [0.25, 0.3) is 0 Å². The van der Waals surface area contributed by atoms with Crippen molar-refractivity contribution in [2.45, 2.75) is 6.92 Å². The summed E-state index contributed by atoms with van der Waals surface area (Å²) in [5, 5.41) is 9.12. The molecule has 2 heterocycles. The second kappa shape index (κ2) is 5.26. The van der Waals surface area contributed by atoms with Gasteiger partial charge in [-0.05, 0) is 18.1 Å². The number of carbonyl (C=O) groups is 2. The molecule has 6 heteroatoms. The quantitative estimate of drug-likeness (QED) is 0.821. The number of carboxylic acid groups (broad SMARTS) is 1. The van der Waals surface area contributed by atoms with Crippen molar-refractivity contribution >= 4 is 17.6 Å². The molecule has 0 radical (unpaired) electrons. The van der Waals surface area contributed by atoms with E-state index in [0.717, 1.165) is 5.69 Å². The van der Waals surface area contributed by atoms with Crippen molar-refractivity contribution in [3.05, 3.63) is 24.0 Å². The second-order valence-electron chi connectivity index (χ2n) is 4.72. The first-order chi connectivity index (χ1) is 9.02. The molecule has 1 aromatic rings. The molecule has 0 spiro atoms. The van der Waals surface area contributed by atoms with Gasteiger partial charge in [0.1, 0.15) is 5.69 Å². The minimum Gasteiger partial charge on any atom is -0.481 e. The van der Waals surface area contributed by atoms with Crippen LogP contribution >= 0.6 is 0 Å². The minimum absolute atomic E-state index is 0.0761. The summed E-state index contributed by atoms with van der Waals surface area (Å²) in [6.45, 7) is 3.02. The summed E-state index contributed by atoms with van der Waals surface area (Å²) < 4.78 is 4.62. The van der Waals surface area contributed by atoms with Crippen LogP contribution in [0.15, 0.2) is 18.3 Å². The highest BCUT2D eigenvalue weighted by atomic mass is 16.5. The number of nitrogens with zero attached hydrogens (tertiary/aromatic N) is 2. The molecule has 1 aromatic heterocycles. The van der Waals surface area contributed by atoms with Crippen LogP contribution in [-0.4, -0.2) is 42.2 Å². The van der Waals surface area contributed by atoms with Crippen molar-refractivity contribution in [2.75, 3.05) is 25.1 Å². The highest BCUT2D eigenvalue weighted by Gasteiger charge is 2.34. The van der Waals surface area contributed by atoms with Crippen LogP contribution in [0.4, 0.5) is 5.69 Å². The van der Waals surface area contributed by atoms with Crippen molar-refractivity contribution < 1.29 is 19.4 Å². The minimum atomic E-state index is -0.780. The van der Waals surface area contributed by atoms with E-state index in [1.807, 2.05) is 11.8 Å². The number of methoxy groups -OCH3 is 1. The fourth-order valence-electron chi connectivity index (χ4n) is 2.33. The van der Waals surface area contributed by atoms with Crippen LogP contribution in [0.25, 0.3) is 0 Å². The predicted molar refractivity (Wildman–Crippen MR) is 68.1 cm³/mol. The van der Waals surface area contributed by atoms with Crippen LogP contribution in [0.2, 0.25) is 0 Å². The van der Waals surface area contributed by atoms with Crippen LogP contribution in [0, 0.1) is 11.8 Å². The lowest BCUT2D eigenvalue weighted by Crippen LogP contribution is -2.23. The first-order valence-corrected chi connectivity index (χ1v) is 6.05. The Kier molecular flexibility index (Phi) is 3.69. The number of hydrogen-bond donors (Lipinski definition) is 1. The first kappa shape index (κ1) is 13.3. The zero-order chi connectivity index (χ0) is 14.0. The lowest BCUT2D eigenvalue weighted by molar-refractivity contribution is -0.142. The highest BCUT2D eigenvalue weighted by molar-refractivity contribution is 5.88. The summed E-state index contributed by atoms with van der Waals surface area (Å²) in [5.41, 5.74) is 1.03. The van der Waals surface area contributed by atoms with Crippen LogP contribution in [0.3, 0.4) is 0 Å². The first-order valence-electron chi connectivity index (χ1n) is 6.05. The van der Waals surface area contributed by atoms with Crippen molar-refractivity contribution in [2.24, 2.45) is 11.8 Å². The van der Waals surface area contributed by atoms with E-state index in [9.17, 15) is 9.59 Å². The normalized spacial score (nSPS) is 22.3. The van der Waals surface area contributed by atoms with Gasteiger partial charge in [-0.15, -0.1) is 0 Å². The number of esters is 1. The number of rotatable bonds is 3. The molecular weight excluding hydrogens is 248 g/mol. The topological polar surface area (TPSA) is 79.7 Å². The van der Waals surface area contributed by atoms with Gasteiger partial charge in [0.05, 0.1) is 13.0 Å². The molecule has 1 N–H and O–H groups in total. The SMILES string of the molecule is COC(=O)c1cc(N2C[C@@H](C)[C@H](C(=O)O)C2)ccn1. The zero-order valence-electron chi connectivity index (χ0n) is 10.9. The summed E-state index contributed by atoms with van der Waals surface area (Å²) >= 11 is 0. The van der Waals surface area contributed by atoms with Gasteiger partial charge in [-0.2, -0.15) is 0 Å². The van der Waals surface area contributed by atoms with Gasteiger partial charge in [0.2, 0.25) is 0 Å². The maximum Gasteiger partial charge on any atom is 0.356 e. The smallest absolute Gasteiger partial charge is 0.356 e. The fourth-order valence-corrected chi connectivity index (χ4v) is 2.33. The van der Waals surface area contributed by atoms with E-state index in [4.69, 9.17) is 5.11 Å². The van der Waals surface area contributed by atoms with E-state index in [2.05, 4.69) is 9.72 Å². The third kappa shape index (κ3) is 2.67. The Bertz CT molecular complexity index is 503. The van der Waals surface area contributed by atoms with E-state index in [1.165, 1.54) is 13.3 Å². The molecule has 19 heavy (non-hydrogen) atoms. The third-order valence-corrected chi connectivity index (χ3v) is 3.43. The number of ether oxygens (including phenoxy) is 1.